The standard InChI is InChI=1S/C17H19ClN2O3S/c1-20(2)24(22,23)15-9-7-13(8-10-15)11-17(21)19-12-14-5-3-4-6-16(14)18/h3-10H,11-12H2,1-2H3,(H,19,21). The van der Waals surface area contributed by atoms with E-state index in [1.807, 2.05) is 18.2 Å². The molecule has 5 nitrogen and oxygen atoms in total. The number of nitrogens with zero attached hydrogens (tertiary/aromatic N) is 1. The Morgan fingerprint density at radius 1 is 1.08 bits per heavy atom. The molecule has 2 rings (SSSR count). The van der Waals surface area contributed by atoms with Crippen LogP contribution in [0.15, 0.2) is 53.4 Å². The second-order valence-corrected chi connectivity index (χ2v) is 8.04. The predicted octanol–water partition coefficient (Wildman–Crippen LogP) is 2.45. The molecular formula is C17H19ClN2O3S. The van der Waals surface area contributed by atoms with Crippen LogP contribution in [0.3, 0.4) is 0 Å². The van der Waals surface area contributed by atoms with Crippen molar-refractivity contribution in [1.29, 1.82) is 0 Å². The average Bonchev–Trinajstić information content (AvgIpc) is 2.54. The summed E-state index contributed by atoms with van der Waals surface area (Å²) in [6.45, 7) is 0.353. The van der Waals surface area contributed by atoms with Crippen molar-refractivity contribution in [1.82, 2.24) is 9.62 Å². The molecule has 0 aromatic heterocycles. The fourth-order valence-corrected chi connectivity index (χ4v) is 3.18. The molecule has 1 amide bonds. The molecule has 0 atom stereocenters. The first kappa shape index (κ1) is 18.4. The molecule has 0 unspecified atom stereocenters. The Labute approximate surface area is 147 Å². The Hall–Kier alpha value is -1.89. The third-order valence-corrected chi connectivity index (χ3v) is 5.70. The molecular weight excluding hydrogens is 348 g/mol. The lowest BCUT2D eigenvalue weighted by Gasteiger charge is -2.11. The zero-order valence-corrected chi connectivity index (χ0v) is 15.1. The van der Waals surface area contributed by atoms with Crippen molar-refractivity contribution in [2.24, 2.45) is 0 Å². The molecule has 0 aliphatic heterocycles. The minimum Gasteiger partial charge on any atom is -0.352 e. The van der Waals surface area contributed by atoms with Gasteiger partial charge in [0.25, 0.3) is 0 Å². The third-order valence-electron chi connectivity index (χ3n) is 3.50. The second-order valence-electron chi connectivity index (χ2n) is 5.48. The van der Waals surface area contributed by atoms with Gasteiger partial charge in [-0.1, -0.05) is 41.9 Å². The van der Waals surface area contributed by atoms with Crippen LogP contribution in [-0.4, -0.2) is 32.7 Å². The van der Waals surface area contributed by atoms with E-state index in [4.69, 9.17) is 11.6 Å². The number of amides is 1. The summed E-state index contributed by atoms with van der Waals surface area (Å²) in [6.07, 6.45) is 0.173. The monoisotopic (exact) mass is 366 g/mol. The van der Waals surface area contributed by atoms with E-state index in [1.165, 1.54) is 26.2 Å². The van der Waals surface area contributed by atoms with Gasteiger partial charge >= 0.3 is 0 Å². The van der Waals surface area contributed by atoms with Gasteiger partial charge in [0.05, 0.1) is 11.3 Å². The summed E-state index contributed by atoms with van der Waals surface area (Å²) in [5.74, 6) is -0.155. The number of carbonyl (C=O) groups excluding carboxylic acids is 1. The first-order chi connectivity index (χ1) is 11.3. The molecule has 0 spiro atoms. The number of carbonyl (C=O) groups is 1. The van der Waals surface area contributed by atoms with Crippen LogP contribution < -0.4 is 5.32 Å². The van der Waals surface area contributed by atoms with Crippen LogP contribution in [0.25, 0.3) is 0 Å². The second kappa shape index (κ2) is 7.79. The maximum absolute atomic E-state index is 12.0. The van der Waals surface area contributed by atoms with Gasteiger partial charge in [-0.05, 0) is 29.3 Å². The van der Waals surface area contributed by atoms with Crippen molar-refractivity contribution >= 4 is 27.5 Å². The molecule has 1 N–H and O–H groups in total. The van der Waals surface area contributed by atoms with Gasteiger partial charge in [0.2, 0.25) is 15.9 Å². The van der Waals surface area contributed by atoms with Crippen LogP contribution in [0.1, 0.15) is 11.1 Å². The van der Waals surface area contributed by atoms with E-state index in [9.17, 15) is 13.2 Å². The van der Waals surface area contributed by atoms with Gasteiger partial charge in [-0.25, -0.2) is 12.7 Å². The number of rotatable bonds is 6. The van der Waals surface area contributed by atoms with Gasteiger partial charge in [-0.2, -0.15) is 0 Å². The van der Waals surface area contributed by atoms with Crippen LogP contribution in [0, 0.1) is 0 Å². The van der Waals surface area contributed by atoms with Gasteiger partial charge in [0.15, 0.2) is 0 Å². The molecule has 128 valence electrons. The highest BCUT2D eigenvalue weighted by atomic mass is 35.5. The summed E-state index contributed by atoms with van der Waals surface area (Å²) < 4.78 is 25.1. The number of halogens is 1. The van der Waals surface area contributed by atoms with Gasteiger partial charge in [0.1, 0.15) is 0 Å². The maximum Gasteiger partial charge on any atom is 0.242 e. The SMILES string of the molecule is CN(C)S(=O)(=O)c1ccc(CC(=O)NCc2ccccc2Cl)cc1. The smallest absolute Gasteiger partial charge is 0.242 e. The first-order valence-electron chi connectivity index (χ1n) is 7.32. The minimum atomic E-state index is -3.46. The molecule has 0 bridgehead atoms. The summed E-state index contributed by atoms with van der Waals surface area (Å²) in [7, 11) is -0.500. The van der Waals surface area contributed by atoms with E-state index in [2.05, 4.69) is 5.32 Å². The summed E-state index contributed by atoms with van der Waals surface area (Å²) in [5.41, 5.74) is 1.59. The lowest BCUT2D eigenvalue weighted by atomic mass is 10.1. The zero-order chi connectivity index (χ0) is 17.7. The number of hydrogen-bond donors (Lipinski definition) is 1. The average molecular weight is 367 g/mol. The summed E-state index contributed by atoms with van der Waals surface area (Å²) in [4.78, 5) is 12.2. The van der Waals surface area contributed by atoms with Crippen molar-refractivity contribution in [3.8, 4) is 0 Å². The van der Waals surface area contributed by atoms with Gasteiger partial charge in [-0.3, -0.25) is 4.79 Å². The van der Waals surface area contributed by atoms with E-state index in [0.29, 0.717) is 11.6 Å². The fraction of sp³-hybridized carbons (Fsp3) is 0.235. The van der Waals surface area contributed by atoms with E-state index in [-0.39, 0.29) is 17.2 Å². The molecule has 2 aromatic rings. The van der Waals surface area contributed by atoms with Gasteiger partial charge in [-0.15, -0.1) is 0 Å². The molecule has 0 radical (unpaired) electrons. The lowest BCUT2D eigenvalue weighted by molar-refractivity contribution is -0.120. The topological polar surface area (TPSA) is 66.5 Å². The molecule has 0 heterocycles. The largest absolute Gasteiger partial charge is 0.352 e. The third kappa shape index (κ3) is 4.56. The number of hydrogen-bond acceptors (Lipinski definition) is 3. The summed E-state index contributed by atoms with van der Waals surface area (Å²) >= 11 is 6.04. The molecule has 0 saturated carbocycles. The Balaban J connectivity index is 1.96. The number of benzene rings is 2. The quantitative estimate of drug-likeness (QED) is 0.853. The van der Waals surface area contributed by atoms with Crippen molar-refractivity contribution in [3.05, 3.63) is 64.7 Å². The van der Waals surface area contributed by atoms with E-state index in [1.54, 1.807) is 18.2 Å². The highest BCUT2D eigenvalue weighted by Crippen LogP contribution is 2.15. The molecule has 7 heteroatoms. The Morgan fingerprint density at radius 3 is 2.29 bits per heavy atom. The molecule has 24 heavy (non-hydrogen) atoms. The minimum absolute atomic E-state index is 0.155. The van der Waals surface area contributed by atoms with E-state index in [0.717, 1.165) is 15.4 Å². The van der Waals surface area contributed by atoms with Crippen LogP contribution in [0.5, 0.6) is 0 Å². The molecule has 0 fully saturated rings. The Morgan fingerprint density at radius 2 is 1.71 bits per heavy atom. The van der Waals surface area contributed by atoms with E-state index < -0.39 is 10.0 Å². The van der Waals surface area contributed by atoms with Crippen LogP contribution in [-0.2, 0) is 27.8 Å². The normalized spacial score (nSPS) is 11.5. The number of nitrogens with one attached hydrogen (secondary N) is 1. The Kier molecular flexibility index (Phi) is 5.99. The zero-order valence-electron chi connectivity index (χ0n) is 13.5. The van der Waals surface area contributed by atoms with Crippen molar-refractivity contribution < 1.29 is 13.2 Å². The predicted molar refractivity (Wildman–Crippen MR) is 94.3 cm³/mol. The van der Waals surface area contributed by atoms with Crippen molar-refractivity contribution in [3.63, 3.8) is 0 Å². The fourth-order valence-electron chi connectivity index (χ4n) is 2.07. The number of sulfonamides is 1. The highest BCUT2D eigenvalue weighted by Gasteiger charge is 2.16. The van der Waals surface area contributed by atoms with Crippen molar-refractivity contribution in [2.75, 3.05) is 14.1 Å². The first-order valence-corrected chi connectivity index (χ1v) is 9.14. The van der Waals surface area contributed by atoms with E-state index >= 15 is 0 Å². The maximum atomic E-state index is 12.0. The summed E-state index contributed by atoms with van der Waals surface area (Å²) in [5, 5.41) is 3.41. The molecule has 0 aliphatic rings. The van der Waals surface area contributed by atoms with Crippen LogP contribution in [0.2, 0.25) is 5.02 Å². The lowest BCUT2D eigenvalue weighted by Crippen LogP contribution is -2.25. The molecule has 2 aromatic carbocycles. The Bertz CT molecular complexity index is 818. The molecule has 0 aliphatic carbocycles. The highest BCUT2D eigenvalue weighted by molar-refractivity contribution is 7.89. The molecule has 0 saturated heterocycles. The van der Waals surface area contributed by atoms with Crippen LogP contribution >= 0.6 is 11.6 Å². The summed E-state index contributed by atoms with van der Waals surface area (Å²) in [6, 6.07) is 13.6. The van der Waals surface area contributed by atoms with Gasteiger partial charge < -0.3 is 5.32 Å². The van der Waals surface area contributed by atoms with Crippen molar-refractivity contribution in [2.45, 2.75) is 17.9 Å². The van der Waals surface area contributed by atoms with Gasteiger partial charge in [0, 0.05) is 25.7 Å². The van der Waals surface area contributed by atoms with Crippen LogP contribution in [0.4, 0.5) is 0 Å².